The van der Waals surface area contributed by atoms with E-state index in [0.29, 0.717) is 18.1 Å². The molecular formula is C8H10ClF3N2S. The molecule has 0 aliphatic carbocycles. The third-order valence-corrected chi connectivity index (χ3v) is 2.82. The van der Waals surface area contributed by atoms with Gasteiger partial charge in [0.15, 0.2) is 5.13 Å². The Morgan fingerprint density at radius 3 is 2.60 bits per heavy atom. The third-order valence-electron chi connectivity index (χ3n) is 1.60. The van der Waals surface area contributed by atoms with Crippen LogP contribution in [0.15, 0.2) is 5.38 Å². The summed E-state index contributed by atoms with van der Waals surface area (Å²) >= 11 is 6.69. The smallest absolute Gasteiger partial charge is 0.339 e. The lowest BCUT2D eigenvalue weighted by atomic mass is 10.4. The van der Waals surface area contributed by atoms with Crippen molar-refractivity contribution >= 4 is 28.1 Å². The van der Waals surface area contributed by atoms with Gasteiger partial charge in [0.1, 0.15) is 11.7 Å². The van der Waals surface area contributed by atoms with Gasteiger partial charge >= 0.3 is 6.18 Å². The van der Waals surface area contributed by atoms with Gasteiger partial charge in [0.05, 0.1) is 0 Å². The minimum absolute atomic E-state index is 0.235. The molecule has 0 aromatic carbocycles. The Morgan fingerprint density at radius 2 is 2.20 bits per heavy atom. The molecule has 0 bridgehead atoms. The number of aromatic nitrogens is 1. The van der Waals surface area contributed by atoms with Crippen molar-refractivity contribution in [3.8, 4) is 0 Å². The monoisotopic (exact) mass is 258 g/mol. The number of halogens is 4. The molecule has 15 heavy (non-hydrogen) atoms. The highest BCUT2D eigenvalue weighted by Gasteiger charge is 2.31. The molecule has 0 aliphatic rings. The maximum Gasteiger partial charge on any atom is 0.406 e. The summed E-state index contributed by atoms with van der Waals surface area (Å²) in [6, 6.07) is 0. The van der Waals surface area contributed by atoms with E-state index in [-0.39, 0.29) is 5.15 Å². The van der Waals surface area contributed by atoms with Gasteiger partial charge in [-0.3, -0.25) is 0 Å². The van der Waals surface area contributed by atoms with E-state index in [9.17, 15) is 13.2 Å². The van der Waals surface area contributed by atoms with Crippen molar-refractivity contribution in [3.63, 3.8) is 0 Å². The van der Waals surface area contributed by atoms with Crippen molar-refractivity contribution < 1.29 is 13.2 Å². The molecule has 1 heterocycles. The SMILES string of the molecule is CCCN(CC(F)(F)F)c1nc(Cl)cs1. The van der Waals surface area contributed by atoms with Gasteiger partial charge in [-0.2, -0.15) is 13.2 Å². The van der Waals surface area contributed by atoms with Crippen LogP contribution in [0.2, 0.25) is 5.15 Å². The van der Waals surface area contributed by atoms with Gasteiger partial charge < -0.3 is 4.90 Å². The van der Waals surface area contributed by atoms with Gasteiger partial charge in [-0.25, -0.2) is 4.98 Å². The number of alkyl halides is 3. The Hall–Kier alpha value is -0.490. The zero-order valence-corrected chi connectivity index (χ0v) is 9.59. The lowest BCUT2D eigenvalue weighted by Gasteiger charge is -2.22. The summed E-state index contributed by atoms with van der Waals surface area (Å²) in [5, 5.41) is 2.08. The van der Waals surface area contributed by atoms with Crippen LogP contribution in [-0.4, -0.2) is 24.2 Å². The fourth-order valence-electron chi connectivity index (χ4n) is 1.12. The average molecular weight is 259 g/mol. The van der Waals surface area contributed by atoms with Crippen molar-refractivity contribution in [2.45, 2.75) is 19.5 Å². The van der Waals surface area contributed by atoms with Gasteiger partial charge in [0.2, 0.25) is 0 Å². The second-order valence-electron chi connectivity index (χ2n) is 2.99. The Labute approximate surface area is 94.7 Å². The molecule has 0 aliphatic heterocycles. The second-order valence-corrected chi connectivity index (χ2v) is 4.21. The second kappa shape index (κ2) is 5.03. The topological polar surface area (TPSA) is 16.1 Å². The van der Waals surface area contributed by atoms with Crippen molar-refractivity contribution in [1.29, 1.82) is 0 Å². The molecule has 7 heteroatoms. The Bertz CT molecular complexity index is 313. The summed E-state index contributed by atoms with van der Waals surface area (Å²) < 4.78 is 36.7. The highest BCUT2D eigenvalue weighted by molar-refractivity contribution is 7.14. The first-order valence-corrected chi connectivity index (χ1v) is 5.61. The predicted molar refractivity (Wildman–Crippen MR) is 55.7 cm³/mol. The molecule has 0 radical (unpaired) electrons. The molecule has 1 rings (SSSR count). The van der Waals surface area contributed by atoms with Gasteiger partial charge in [-0.05, 0) is 6.42 Å². The Kier molecular flexibility index (Phi) is 4.21. The normalized spacial score (nSPS) is 11.8. The van der Waals surface area contributed by atoms with Gasteiger partial charge in [-0.15, -0.1) is 11.3 Å². The van der Waals surface area contributed by atoms with E-state index in [1.54, 1.807) is 0 Å². The van der Waals surface area contributed by atoms with Gasteiger partial charge in [-0.1, -0.05) is 18.5 Å². The molecule has 2 nitrogen and oxygen atoms in total. The molecule has 0 saturated carbocycles. The quantitative estimate of drug-likeness (QED) is 0.821. The molecule has 0 saturated heterocycles. The fourth-order valence-corrected chi connectivity index (χ4v) is 2.09. The predicted octanol–water partition coefficient (Wildman–Crippen LogP) is 3.58. The highest BCUT2D eigenvalue weighted by atomic mass is 35.5. The minimum atomic E-state index is -4.21. The van der Waals surface area contributed by atoms with Crippen molar-refractivity contribution in [2.24, 2.45) is 0 Å². The Balaban J connectivity index is 2.74. The number of rotatable bonds is 4. The lowest BCUT2D eigenvalue weighted by Crippen LogP contribution is -2.34. The molecule has 0 atom stereocenters. The van der Waals surface area contributed by atoms with Crippen LogP contribution in [-0.2, 0) is 0 Å². The van der Waals surface area contributed by atoms with Crippen LogP contribution in [0.4, 0.5) is 18.3 Å². The molecule has 0 N–H and O–H groups in total. The van der Waals surface area contributed by atoms with E-state index in [1.807, 2.05) is 6.92 Å². The summed E-state index contributed by atoms with van der Waals surface area (Å²) in [5.41, 5.74) is 0. The summed E-state index contributed by atoms with van der Waals surface area (Å²) in [4.78, 5) is 5.01. The van der Waals surface area contributed by atoms with Gasteiger partial charge in [0, 0.05) is 11.9 Å². The van der Waals surface area contributed by atoms with E-state index in [1.165, 1.54) is 10.3 Å². The van der Waals surface area contributed by atoms with Crippen molar-refractivity contribution in [2.75, 3.05) is 18.0 Å². The van der Waals surface area contributed by atoms with Gasteiger partial charge in [0.25, 0.3) is 0 Å². The molecule has 0 amide bonds. The zero-order valence-electron chi connectivity index (χ0n) is 8.01. The van der Waals surface area contributed by atoms with Crippen LogP contribution in [0.25, 0.3) is 0 Å². The molecule has 0 unspecified atom stereocenters. The summed E-state index contributed by atoms with van der Waals surface area (Å²) in [6.45, 7) is 1.16. The van der Waals surface area contributed by atoms with E-state index in [0.717, 1.165) is 11.3 Å². The fraction of sp³-hybridized carbons (Fsp3) is 0.625. The molecular weight excluding hydrogens is 249 g/mol. The molecule has 1 aromatic rings. The van der Waals surface area contributed by atoms with Crippen LogP contribution in [0.5, 0.6) is 0 Å². The summed E-state index contributed by atoms with van der Waals surface area (Å²) in [5.74, 6) is 0. The summed E-state index contributed by atoms with van der Waals surface area (Å²) in [6.07, 6.45) is -3.58. The van der Waals surface area contributed by atoms with E-state index in [4.69, 9.17) is 11.6 Å². The van der Waals surface area contributed by atoms with Crippen LogP contribution >= 0.6 is 22.9 Å². The van der Waals surface area contributed by atoms with Crippen molar-refractivity contribution in [3.05, 3.63) is 10.5 Å². The third kappa shape index (κ3) is 4.25. The van der Waals surface area contributed by atoms with Crippen LogP contribution in [0.3, 0.4) is 0 Å². The first-order chi connectivity index (χ1) is 6.92. The molecule has 1 aromatic heterocycles. The van der Waals surface area contributed by atoms with E-state index >= 15 is 0 Å². The van der Waals surface area contributed by atoms with E-state index < -0.39 is 12.7 Å². The number of anilines is 1. The Morgan fingerprint density at radius 1 is 1.53 bits per heavy atom. The standard InChI is InChI=1S/C8H10ClF3N2S/c1-2-3-14(5-8(10,11)12)7-13-6(9)4-15-7/h4H,2-3,5H2,1H3. The molecule has 0 spiro atoms. The maximum atomic E-state index is 12.2. The van der Waals surface area contributed by atoms with Crippen LogP contribution in [0, 0.1) is 0 Å². The first kappa shape index (κ1) is 12.6. The largest absolute Gasteiger partial charge is 0.406 e. The van der Waals surface area contributed by atoms with Crippen LogP contribution in [0.1, 0.15) is 13.3 Å². The molecule has 86 valence electrons. The average Bonchev–Trinajstić information content (AvgIpc) is 2.48. The number of hydrogen-bond acceptors (Lipinski definition) is 3. The highest BCUT2D eigenvalue weighted by Crippen LogP contribution is 2.26. The lowest BCUT2D eigenvalue weighted by molar-refractivity contribution is -0.119. The number of thiazole rings is 1. The maximum absolute atomic E-state index is 12.2. The minimum Gasteiger partial charge on any atom is -0.339 e. The number of nitrogens with zero attached hydrogens (tertiary/aromatic N) is 2. The summed E-state index contributed by atoms with van der Waals surface area (Å²) in [7, 11) is 0. The number of hydrogen-bond donors (Lipinski definition) is 0. The van der Waals surface area contributed by atoms with Crippen LogP contribution < -0.4 is 4.90 Å². The van der Waals surface area contributed by atoms with E-state index in [2.05, 4.69) is 4.98 Å². The first-order valence-electron chi connectivity index (χ1n) is 4.35. The zero-order chi connectivity index (χ0) is 11.5. The molecule has 0 fully saturated rings. The van der Waals surface area contributed by atoms with Crippen molar-refractivity contribution in [1.82, 2.24) is 4.98 Å².